The van der Waals surface area contributed by atoms with E-state index in [1.54, 1.807) is 18.6 Å². The molecule has 0 N–H and O–H groups in total. The Hall–Kier alpha value is -1.53. The van der Waals surface area contributed by atoms with Gasteiger partial charge < -0.3 is 9.80 Å². The highest BCUT2D eigenvalue weighted by Gasteiger charge is 2.42. The number of aromatic nitrogens is 2. The zero-order chi connectivity index (χ0) is 17.3. The third-order valence-electron chi connectivity index (χ3n) is 6.37. The van der Waals surface area contributed by atoms with E-state index in [1.807, 2.05) is 4.90 Å². The van der Waals surface area contributed by atoms with Gasteiger partial charge in [-0.05, 0) is 57.7 Å². The maximum Gasteiger partial charge on any atom is 0.274 e. The molecule has 4 rings (SSSR count). The number of carbonyl (C=O) groups excluding carboxylic acids is 1. The molecular weight excluding hydrogens is 314 g/mol. The van der Waals surface area contributed by atoms with Crippen molar-refractivity contribution in [1.82, 2.24) is 24.7 Å². The molecular formula is C19H29N5O. The molecule has 0 unspecified atom stereocenters. The van der Waals surface area contributed by atoms with E-state index < -0.39 is 0 Å². The summed E-state index contributed by atoms with van der Waals surface area (Å²) < 4.78 is 0. The van der Waals surface area contributed by atoms with E-state index in [9.17, 15) is 4.79 Å². The van der Waals surface area contributed by atoms with Crippen molar-refractivity contribution in [2.24, 2.45) is 5.41 Å². The molecule has 0 radical (unpaired) electrons. The van der Waals surface area contributed by atoms with Crippen LogP contribution in [0.15, 0.2) is 18.6 Å². The SMILES string of the molecule is CN1CC[C@@]2(CCCN(C3CCN(C(=O)c4cnccn4)CC3)C2)C1. The molecule has 1 atom stereocenters. The quantitative estimate of drug-likeness (QED) is 0.814. The molecule has 6 heteroatoms. The van der Waals surface area contributed by atoms with Crippen LogP contribution in [-0.2, 0) is 0 Å². The molecule has 1 aromatic heterocycles. The molecule has 1 aromatic rings. The summed E-state index contributed by atoms with van der Waals surface area (Å²) >= 11 is 0. The van der Waals surface area contributed by atoms with Crippen LogP contribution in [0, 0.1) is 5.41 Å². The highest BCUT2D eigenvalue weighted by atomic mass is 16.2. The number of hydrogen-bond acceptors (Lipinski definition) is 5. The van der Waals surface area contributed by atoms with Gasteiger partial charge in [0.25, 0.3) is 5.91 Å². The molecule has 0 bridgehead atoms. The summed E-state index contributed by atoms with van der Waals surface area (Å²) in [6.07, 6.45) is 11.0. The second-order valence-corrected chi connectivity index (χ2v) is 8.18. The lowest BCUT2D eigenvalue weighted by molar-refractivity contribution is 0.0302. The van der Waals surface area contributed by atoms with E-state index in [0.717, 1.165) is 25.9 Å². The van der Waals surface area contributed by atoms with Gasteiger partial charge in [0, 0.05) is 44.6 Å². The molecule has 0 aliphatic carbocycles. The van der Waals surface area contributed by atoms with Crippen molar-refractivity contribution in [3.8, 4) is 0 Å². The highest BCUT2D eigenvalue weighted by molar-refractivity contribution is 5.92. The molecule has 3 aliphatic rings. The van der Waals surface area contributed by atoms with Crippen molar-refractivity contribution in [1.29, 1.82) is 0 Å². The minimum atomic E-state index is 0.0269. The van der Waals surface area contributed by atoms with Crippen LogP contribution in [0.5, 0.6) is 0 Å². The summed E-state index contributed by atoms with van der Waals surface area (Å²) in [4.78, 5) is 27.9. The average molecular weight is 343 g/mol. The van der Waals surface area contributed by atoms with Crippen LogP contribution in [-0.4, -0.2) is 82.9 Å². The molecule has 25 heavy (non-hydrogen) atoms. The smallest absolute Gasteiger partial charge is 0.274 e. The molecule has 1 amide bonds. The zero-order valence-corrected chi connectivity index (χ0v) is 15.2. The summed E-state index contributed by atoms with van der Waals surface area (Å²) in [5.41, 5.74) is 0.992. The van der Waals surface area contributed by atoms with E-state index in [1.165, 1.54) is 45.4 Å². The van der Waals surface area contributed by atoms with E-state index in [-0.39, 0.29) is 5.91 Å². The minimum absolute atomic E-state index is 0.0269. The first-order valence-electron chi connectivity index (χ1n) is 9.63. The number of carbonyl (C=O) groups is 1. The summed E-state index contributed by atoms with van der Waals surface area (Å²) in [6, 6.07) is 0.633. The Bertz CT molecular complexity index is 597. The Kier molecular flexibility index (Phi) is 4.73. The first-order chi connectivity index (χ1) is 12.2. The van der Waals surface area contributed by atoms with Crippen LogP contribution in [0.4, 0.5) is 0 Å². The Morgan fingerprint density at radius 3 is 2.64 bits per heavy atom. The molecule has 3 fully saturated rings. The first-order valence-corrected chi connectivity index (χ1v) is 9.63. The number of amides is 1. The largest absolute Gasteiger partial charge is 0.337 e. The lowest BCUT2D eigenvalue weighted by Gasteiger charge is -2.46. The van der Waals surface area contributed by atoms with Gasteiger partial charge >= 0.3 is 0 Å². The van der Waals surface area contributed by atoms with Crippen molar-refractivity contribution in [2.45, 2.75) is 38.1 Å². The van der Waals surface area contributed by atoms with Crippen LogP contribution < -0.4 is 0 Å². The van der Waals surface area contributed by atoms with Gasteiger partial charge in [-0.15, -0.1) is 0 Å². The lowest BCUT2D eigenvalue weighted by Crippen LogP contribution is -2.52. The standard InChI is InChI=1S/C19H29N5O/c1-22-12-6-19(14-22)5-2-9-24(15-19)16-3-10-23(11-4-16)18(25)17-13-20-7-8-21-17/h7-8,13,16H,2-6,9-12,14-15H2,1H3/t19-/m0/s1. The molecule has 3 saturated heterocycles. The highest BCUT2D eigenvalue weighted by Crippen LogP contribution is 2.39. The van der Waals surface area contributed by atoms with E-state index in [0.29, 0.717) is 17.2 Å². The second-order valence-electron chi connectivity index (χ2n) is 8.18. The summed E-state index contributed by atoms with van der Waals surface area (Å²) in [7, 11) is 2.25. The van der Waals surface area contributed by atoms with Crippen LogP contribution in [0.3, 0.4) is 0 Å². The maximum absolute atomic E-state index is 12.5. The number of piperidine rings is 2. The molecule has 4 heterocycles. The second kappa shape index (κ2) is 7.00. The number of nitrogens with zero attached hydrogens (tertiary/aromatic N) is 5. The maximum atomic E-state index is 12.5. The Balaban J connectivity index is 1.33. The molecule has 6 nitrogen and oxygen atoms in total. The van der Waals surface area contributed by atoms with Crippen molar-refractivity contribution >= 4 is 5.91 Å². The van der Waals surface area contributed by atoms with Gasteiger partial charge in [-0.1, -0.05) is 0 Å². The monoisotopic (exact) mass is 343 g/mol. The molecule has 0 aromatic carbocycles. The van der Waals surface area contributed by atoms with Crippen molar-refractivity contribution in [2.75, 3.05) is 46.3 Å². The van der Waals surface area contributed by atoms with Gasteiger partial charge in [0.05, 0.1) is 6.20 Å². The normalized spacial score (nSPS) is 29.4. The molecule has 1 spiro atoms. The summed E-state index contributed by atoms with van der Waals surface area (Å²) in [5, 5.41) is 0. The predicted molar refractivity (Wildman–Crippen MR) is 96.3 cm³/mol. The van der Waals surface area contributed by atoms with Crippen LogP contribution in [0.25, 0.3) is 0 Å². The third-order valence-corrected chi connectivity index (χ3v) is 6.37. The zero-order valence-electron chi connectivity index (χ0n) is 15.2. The van der Waals surface area contributed by atoms with Gasteiger partial charge in [-0.25, -0.2) is 4.98 Å². The van der Waals surface area contributed by atoms with E-state index >= 15 is 0 Å². The van der Waals surface area contributed by atoms with Crippen molar-refractivity contribution in [3.63, 3.8) is 0 Å². The van der Waals surface area contributed by atoms with Crippen LogP contribution in [0.1, 0.15) is 42.6 Å². The number of hydrogen-bond donors (Lipinski definition) is 0. The Morgan fingerprint density at radius 1 is 1.12 bits per heavy atom. The van der Waals surface area contributed by atoms with Gasteiger partial charge in [0.15, 0.2) is 0 Å². The van der Waals surface area contributed by atoms with Crippen molar-refractivity contribution in [3.05, 3.63) is 24.3 Å². The van der Waals surface area contributed by atoms with Gasteiger partial charge in [0.2, 0.25) is 0 Å². The number of rotatable bonds is 2. The van der Waals surface area contributed by atoms with Crippen LogP contribution >= 0.6 is 0 Å². The van der Waals surface area contributed by atoms with E-state index in [2.05, 4.69) is 26.8 Å². The molecule has 136 valence electrons. The first kappa shape index (κ1) is 16.9. The van der Waals surface area contributed by atoms with Crippen LogP contribution in [0.2, 0.25) is 0 Å². The third kappa shape index (κ3) is 3.55. The van der Waals surface area contributed by atoms with Gasteiger partial charge in [0.1, 0.15) is 5.69 Å². The fraction of sp³-hybridized carbons (Fsp3) is 0.737. The van der Waals surface area contributed by atoms with Crippen molar-refractivity contribution < 1.29 is 4.79 Å². The van der Waals surface area contributed by atoms with E-state index in [4.69, 9.17) is 0 Å². The fourth-order valence-corrected chi connectivity index (χ4v) is 5.06. The average Bonchev–Trinajstić information content (AvgIpc) is 3.01. The predicted octanol–water partition coefficient (Wildman–Crippen LogP) is 1.50. The topological polar surface area (TPSA) is 52.6 Å². The summed E-state index contributed by atoms with van der Waals surface area (Å²) in [5.74, 6) is 0.0269. The fourth-order valence-electron chi connectivity index (χ4n) is 5.06. The van der Waals surface area contributed by atoms with Gasteiger partial charge in [-0.3, -0.25) is 14.7 Å². The lowest BCUT2D eigenvalue weighted by atomic mass is 9.78. The Labute approximate surface area is 150 Å². The molecule has 3 aliphatic heterocycles. The van der Waals surface area contributed by atoms with Gasteiger partial charge in [-0.2, -0.15) is 0 Å². The minimum Gasteiger partial charge on any atom is -0.337 e. The number of likely N-dealkylation sites (tertiary alicyclic amines) is 3. The Morgan fingerprint density at radius 2 is 1.96 bits per heavy atom. The summed E-state index contributed by atoms with van der Waals surface area (Å²) in [6.45, 7) is 6.66. The molecule has 0 saturated carbocycles.